The average Bonchev–Trinajstić information content (AvgIpc) is 3.14. The predicted molar refractivity (Wildman–Crippen MR) is 110 cm³/mol. The molecule has 0 fully saturated rings. The summed E-state index contributed by atoms with van der Waals surface area (Å²) in [5.74, 6) is 1.64. The molecule has 1 N–H and O–H groups in total. The number of aryl methyl sites for hydroxylation is 2. The maximum absolute atomic E-state index is 11.1. The first kappa shape index (κ1) is 19.5. The third-order valence-corrected chi connectivity index (χ3v) is 4.72. The molecule has 152 valence electrons. The molecule has 10 nitrogen and oxygen atoms in total. The van der Waals surface area contributed by atoms with Crippen molar-refractivity contribution in [3.63, 3.8) is 0 Å². The molecule has 0 aliphatic rings. The molecule has 11 heteroatoms. The van der Waals surface area contributed by atoms with Gasteiger partial charge < -0.3 is 20.2 Å². The maximum atomic E-state index is 11.1. The standard InChI is InChI=1S/C19H16ClN7O3/c1-11-18(20)19(24-12(2)23-11)22-9-13-5-3-4-6-14(13)30-16-8-7-15-21-10-17(27(28)29)26(15)25-16/h3-8,10H,9H2,1-2H3,(H,22,23,24). The number of hydrogen-bond donors (Lipinski definition) is 1. The van der Waals surface area contributed by atoms with Gasteiger partial charge in [0.25, 0.3) is 5.88 Å². The molecule has 0 saturated heterocycles. The van der Waals surface area contributed by atoms with Crippen LogP contribution in [0.15, 0.2) is 42.6 Å². The zero-order valence-electron chi connectivity index (χ0n) is 16.0. The van der Waals surface area contributed by atoms with Gasteiger partial charge in [-0.25, -0.2) is 15.0 Å². The molecule has 0 radical (unpaired) electrons. The minimum atomic E-state index is -0.552. The summed E-state index contributed by atoms with van der Waals surface area (Å²) >= 11 is 6.29. The Hall–Kier alpha value is -3.79. The highest BCUT2D eigenvalue weighted by atomic mass is 35.5. The molecule has 0 saturated carbocycles. The van der Waals surface area contributed by atoms with E-state index in [1.165, 1.54) is 0 Å². The summed E-state index contributed by atoms with van der Waals surface area (Å²) in [5.41, 5.74) is 1.87. The van der Waals surface area contributed by atoms with Crippen LogP contribution in [0.3, 0.4) is 0 Å². The Bertz CT molecular complexity index is 1260. The van der Waals surface area contributed by atoms with Gasteiger partial charge in [0.15, 0.2) is 0 Å². The molecule has 4 rings (SSSR count). The Labute approximate surface area is 175 Å². The Morgan fingerprint density at radius 2 is 2.00 bits per heavy atom. The highest BCUT2D eigenvalue weighted by Gasteiger charge is 2.17. The molecular formula is C19H16ClN7O3. The first-order valence-electron chi connectivity index (χ1n) is 8.92. The molecule has 0 bridgehead atoms. The van der Waals surface area contributed by atoms with Gasteiger partial charge >= 0.3 is 5.82 Å². The number of para-hydroxylation sites is 1. The number of rotatable bonds is 6. The highest BCUT2D eigenvalue weighted by molar-refractivity contribution is 6.33. The quantitative estimate of drug-likeness (QED) is 0.362. The monoisotopic (exact) mass is 425 g/mol. The van der Waals surface area contributed by atoms with Crippen LogP contribution in [0.2, 0.25) is 5.02 Å². The highest BCUT2D eigenvalue weighted by Crippen LogP contribution is 2.27. The van der Waals surface area contributed by atoms with Gasteiger partial charge in [-0.1, -0.05) is 34.3 Å². The second-order valence-electron chi connectivity index (χ2n) is 6.40. The van der Waals surface area contributed by atoms with E-state index in [0.29, 0.717) is 40.3 Å². The molecule has 30 heavy (non-hydrogen) atoms. The van der Waals surface area contributed by atoms with Crippen LogP contribution in [0.5, 0.6) is 11.6 Å². The van der Waals surface area contributed by atoms with Crippen molar-refractivity contribution in [2.75, 3.05) is 5.32 Å². The molecule has 0 amide bonds. The third-order valence-electron chi connectivity index (χ3n) is 4.27. The Kier molecular flexibility index (Phi) is 5.15. The lowest BCUT2D eigenvalue weighted by Gasteiger charge is -2.13. The number of anilines is 1. The van der Waals surface area contributed by atoms with Crippen molar-refractivity contribution in [3.05, 3.63) is 74.8 Å². The van der Waals surface area contributed by atoms with Crippen molar-refractivity contribution in [2.24, 2.45) is 0 Å². The van der Waals surface area contributed by atoms with E-state index in [-0.39, 0.29) is 11.7 Å². The van der Waals surface area contributed by atoms with E-state index < -0.39 is 4.92 Å². The van der Waals surface area contributed by atoms with Gasteiger partial charge in [-0.3, -0.25) is 0 Å². The van der Waals surface area contributed by atoms with E-state index >= 15 is 0 Å². The number of aromatic nitrogens is 5. The molecule has 0 spiro atoms. The van der Waals surface area contributed by atoms with Crippen LogP contribution in [-0.4, -0.2) is 29.5 Å². The van der Waals surface area contributed by atoms with E-state index in [0.717, 1.165) is 16.3 Å². The van der Waals surface area contributed by atoms with Crippen molar-refractivity contribution in [1.82, 2.24) is 24.6 Å². The smallest absolute Gasteiger partial charge is 0.368 e. The fourth-order valence-electron chi connectivity index (χ4n) is 2.88. The summed E-state index contributed by atoms with van der Waals surface area (Å²) in [6.45, 7) is 4.00. The summed E-state index contributed by atoms with van der Waals surface area (Å²) in [6.07, 6.45) is 1.15. The largest absolute Gasteiger partial charge is 0.436 e. The number of ether oxygens (including phenoxy) is 1. The summed E-state index contributed by atoms with van der Waals surface area (Å²) in [7, 11) is 0. The van der Waals surface area contributed by atoms with E-state index in [1.807, 2.05) is 25.1 Å². The minimum Gasteiger partial charge on any atom is -0.436 e. The molecular weight excluding hydrogens is 410 g/mol. The van der Waals surface area contributed by atoms with Gasteiger partial charge in [-0.15, -0.1) is 0 Å². The lowest BCUT2D eigenvalue weighted by atomic mass is 10.2. The van der Waals surface area contributed by atoms with Crippen molar-refractivity contribution in [2.45, 2.75) is 20.4 Å². The lowest BCUT2D eigenvalue weighted by Crippen LogP contribution is -2.06. The molecule has 0 atom stereocenters. The van der Waals surface area contributed by atoms with Crippen LogP contribution in [0.25, 0.3) is 5.65 Å². The Morgan fingerprint density at radius 1 is 1.20 bits per heavy atom. The van der Waals surface area contributed by atoms with Gasteiger partial charge in [0, 0.05) is 24.2 Å². The number of nitrogens with one attached hydrogen (secondary N) is 1. The number of nitro groups is 1. The number of nitrogens with zero attached hydrogens (tertiary/aromatic N) is 6. The number of hydrogen-bond acceptors (Lipinski definition) is 8. The van der Waals surface area contributed by atoms with E-state index in [1.54, 1.807) is 25.1 Å². The van der Waals surface area contributed by atoms with Crippen LogP contribution in [0, 0.1) is 24.0 Å². The molecule has 0 unspecified atom stereocenters. The van der Waals surface area contributed by atoms with Gasteiger partial charge in [0.05, 0.1) is 5.69 Å². The zero-order valence-corrected chi connectivity index (χ0v) is 16.8. The SMILES string of the molecule is Cc1nc(C)c(Cl)c(NCc2ccccc2Oc2ccc3ncc([N+](=O)[O-])n3n2)n1. The summed E-state index contributed by atoms with van der Waals surface area (Å²) in [5, 5.41) is 19.0. The fraction of sp³-hybridized carbons (Fsp3) is 0.158. The molecule has 0 aliphatic carbocycles. The number of halogens is 1. The van der Waals surface area contributed by atoms with Crippen molar-refractivity contribution < 1.29 is 9.66 Å². The van der Waals surface area contributed by atoms with Crippen molar-refractivity contribution >= 4 is 28.9 Å². The van der Waals surface area contributed by atoms with E-state index in [9.17, 15) is 10.1 Å². The first-order valence-corrected chi connectivity index (χ1v) is 9.29. The average molecular weight is 426 g/mol. The van der Waals surface area contributed by atoms with E-state index in [2.05, 4.69) is 25.4 Å². The zero-order chi connectivity index (χ0) is 21.3. The van der Waals surface area contributed by atoms with Crippen LogP contribution in [-0.2, 0) is 6.54 Å². The topological polar surface area (TPSA) is 120 Å². The Balaban J connectivity index is 1.59. The van der Waals surface area contributed by atoms with E-state index in [4.69, 9.17) is 16.3 Å². The molecule has 4 aromatic rings. The number of imidazole rings is 1. The second kappa shape index (κ2) is 7.91. The molecule has 0 aliphatic heterocycles. The maximum Gasteiger partial charge on any atom is 0.368 e. The van der Waals surface area contributed by atoms with Gasteiger partial charge in [-0.05, 0) is 29.9 Å². The summed E-state index contributed by atoms with van der Waals surface area (Å²) in [4.78, 5) is 23.1. The molecule has 3 aromatic heterocycles. The van der Waals surface area contributed by atoms with Gasteiger partial charge in [-0.2, -0.15) is 0 Å². The normalized spacial score (nSPS) is 10.9. The van der Waals surface area contributed by atoms with Crippen molar-refractivity contribution in [1.29, 1.82) is 0 Å². The molecule has 3 heterocycles. The fourth-order valence-corrected chi connectivity index (χ4v) is 3.03. The third kappa shape index (κ3) is 3.85. The summed E-state index contributed by atoms with van der Waals surface area (Å²) in [6, 6.07) is 10.6. The van der Waals surface area contributed by atoms with Crippen molar-refractivity contribution in [3.8, 4) is 11.6 Å². The predicted octanol–water partition coefficient (Wildman–Crippen LogP) is 4.10. The number of fused-ring (bicyclic) bond motifs is 1. The van der Waals surface area contributed by atoms with Gasteiger partial charge in [0.2, 0.25) is 5.65 Å². The van der Waals surface area contributed by atoms with Crippen LogP contribution < -0.4 is 10.1 Å². The van der Waals surface area contributed by atoms with Crippen LogP contribution in [0.4, 0.5) is 11.6 Å². The number of benzene rings is 1. The first-order chi connectivity index (χ1) is 14.4. The minimum absolute atomic E-state index is 0.197. The van der Waals surface area contributed by atoms with Crippen LogP contribution >= 0.6 is 11.6 Å². The second-order valence-corrected chi connectivity index (χ2v) is 6.78. The van der Waals surface area contributed by atoms with Crippen LogP contribution in [0.1, 0.15) is 17.1 Å². The lowest BCUT2D eigenvalue weighted by molar-refractivity contribution is -0.391. The molecule has 1 aromatic carbocycles. The van der Waals surface area contributed by atoms with Gasteiger partial charge in [0.1, 0.15) is 28.6 Å². The Morgan fingerprint density at radius 3 is 2.80 bits per heavy atom. The summed E-state index contributed by atoms with van der Waals surface area (Å²) < 4.78 is 7.03.